The molecular formula is C15H19N5OS. The van der Waals surface area contributed by atoms with Crippen LogP contribution in [0, 0.1) is 0 Å². The van der Waals surface area contributed by atoms with Gasteiger partial charge >= 0.3 is 0 Å². The van der Waals surface area contributed by atoms with Crippen molar-refractivity contribution in [3.8, 4) is 0 Å². The third-order valence-corrected chi connectivity index (χ3v) is 4.79. The largest absolute Gasteiger partial charge is 0.345 e. The Morgan fingerprint density at radius 2 is 2.14 bits per heavy atom. The SMILES string of the molecule is CSc1ccccc1C(=O)NCc1nnnn1C1CCCC1. The van der Waals surface area contributed by atoms with E-state index in [1.807, 2.05) is 35.2 Å². The summed E-state index contributed by atoms with van der Waals surface area (Å²) in [6.07, 6.45) is 6.63. The molecule has 0 atom stereocenters. The van der Waals surface area contributed by atoms with E-state index in [0.29, 0.717) is 18.2 Å². The van der Waals surface area contributed by atoms with Crippen molar-refractivity contribution >= 4 is 17.7 Å². The van der Waals surface area contributed by atoms with Crippen LogP contribution >= 0.6 is 11.8 Å². The number of thioether (sulfide) groups is 1. The summed E-state index contributed by atoms with van der Waals surface area (Å²) in [7, 11) is 0. The monoisotopic (exact) mass is 317 g/mol. The van der Waals surface area contributed by atoms with Gasteiger partial charge in [0.05, 0.1) is 18.2 Å². The maximum absolute atomic E-state index is 12.3. The summed E-state index contributed by atoms with van der Waals surface area (Å²) in [5.74, 6) is 0.632. The molecule has 7 heteroatoms. The molecule has 1 N–H and O–H groups in total. The predicted octanol–water partition coefficient (Wildman–Crippen LogP) is 2.44. The Bertz CT molecular complexity index is 651. The molecule has 22 heavy (non-hydrogen) atoms. The predicted molar refractivity (Wildman–Crippen MR) is 84.7 cm³/mol. The lowest BCUT2D eigenvalue weighted by atomic mass is 10.2. The van der Waals surface area contributed by atoms with Crippen molar-refractivity contribution in [3.63, 3.8) is 0 Å². The fourth-order valence-corrected chi connectivity index (χ4v) is 3.44. The van der Waals surface area contributed by atoms with Crippen LogP contribution in [0.15, 0.2) is 29.2 Å². The van der Waals surface area contributed by atoms with E-state index in [-0.39, 0.29) is 5.91 Å². The second kappa shape index (κ2) is 6.91. The molecule has 1 amide bonds. The lowest BCUT2D eigenvalue weighted by molar-refractivity contribution is 0.0946. The van der Waals surface area contributed by atoms with E-state index in [2.05, 4.69) is 20.8 Å². The topological polar surface area (TPSA) is 72.7 Å². The molecule has 0 unspecified atom stereocenters. The summed E-state index contributed by atoms with van der Waals surface area (Å²) in [5.41, 5.74) is 0.690. The molecule has 2 aromatic rings. The Morgan fingerprint density at radius 3 is 2.91 bits per heavy atom. The lowest BCUT2D eigenvalue weighted by Gasteiger charge is -2.12. The minimum Gasteiger partial charge on any atom is -0.345 e. The zero-order valence-electron chi connectivity index (χ0n) is 12.5. The molecule has 0 radical (unpaired) electrons. The first-order chi connectivity index (χ1) is 10.8. The summed E-state index contributed by atoms with van der Waals surface area (Å²) in [6.45, 7) is 0.352. The highest BCUT2D eigenvalue weighted by Crippen LogP contribution is 2.29. The van der Waals surface area contributed by atoms with Crippen LogP contribution in [0.3, 0.4) is 0 Å². The van der Waals surface area contributed by atoms with Gasteiger partial charge in [0.1, 0.15) is 0 Å². The second-order valence-electron chi connectivity index (χ2n) is 5.36. The van der Waals surface area contributed by atoms with E-state index in [4.69, 9.17) is 0 Å². The van der Waals surface area contributed by atoms with E-state index in [0.717, 1.165) is 23.6 Å². The van der Waals surface area contributed by atoms with Gasteiger partial charge < -0.3 is 5.32 Å². The fourth-order valence-electron chi connectivity index (χ4n) is 2.85. The van der Waals surface area contributed by atoms with Gasteiger partial charge in [0.2, 0.25) is 0 Å². The van der Waals surface area contributed by atoms with Gasteiger partial charge in [-0.15, -0.1) is 16.9 Å². The van der Waals surface area contributed by atoms with E-state index < -0.39 is 0 Å². The van der Waals surface area contributed by atoms with Crippen molar-refractivity contribution in [2.75, 3.05) is 6.26 Å². The van der Waals surface area contributed by atoms with Crippen molar-refractivity contribution in [1.29, 1.82) is 0 Å². The van der Waals surface area contributed by atoms with Crippen LogP contribution in [0.25, 0.3) is 0 Å². The van der Waals surface area contributed by atoms with Gasteiger partial charge in [0.25, 0.3) is 5.91 Å². The lowest BCUT2D eigenvalue weighted by Crippen LogP contribution is -2.26. The summed E-state index contributed by atoms with van der Waals surface area (Å²) in [4.78, 5) is 13.3. The van der Waals surface area contributed by atoms with Crippen LogP contribution in [-0.4, -0.2) is 32.4 Å². The van der Waals surface area contributed by atoms with E-state index in [1.54, 1.807) is 11.8 Å². The Labute approximate surface area is 133 Å². The molecule has 1 aromatic carbocycles. The summed E-state index contributed by atoms with van der Waals surface area (Å²) >= 11 is 1.56. The molecule has 116 valence electrons. The number of amides is 1. The van der Waals surface area contributed by atoms with E-state index in [1.165, 1.54) is 12.8 Å². The Morgan fingerprint density at radius 1 is 1.36 bits per heavy atom. The third kappa shape index (κ3) is 3.14. The Hall–Kier alpha value is -1.89. The normalized spacial score (nSPS) is 15.1. The number of nitrogens with zero attached hydrogens (tertiary/aromatic N) is 4. The molecule has 0 aliphatic heterocycles. The van der Waals surface area contributed by atoms with Gasteiger partial charge in [-0.3, -0.25) is 4.79 Å². The zero-order chi connectivity index (χ0) is 15.4. The summed E-state index contributed by atoms with van der Waals surface area (Å²) < 4.78 is 1.87. The molecule has 0 spiro atoms. The number of carbonyl (C=O) groups is 1. The molecule has 0 bridgehead atoms. The smallest absolute Gasteiger partial charge is 0.252 e. The van der Waals surface area contributed by atoms with Crippen molar-refractivity contribution < 1.29 is 4.79 Å². The quantitative estimate of drug-likeness (QED) is 0.858. The highest BCUT2D eigenvalue weighted by molar-refractivity contribution is 7.98. The van der Waals surface area contributed by atoms with Gasteiger partial charge in [0, 0.05) is 4.90 Å². The molecule has 1 fully saturated rings. The first-order valence-corrected chi connectivity index (χ1v) is 8.70. The van der Waals surface area contributed by atoms with Crippen LogP contribution in [0.4, 0.5) is 0 Å². The highest BCUT2D eigenvalue weighted by atomic mass is 32.2. The van der Waals surface area contributed by atoms with Crippen LogP contribution in [0.2, 0.25) is 0 Å². The number of nitrogens with one attached hydrogen (secondary N) is 1. The molecule has 0 saturated heterocycles. The Balaban J connectivity index is 1.68. The molecule has 1 aliphatic rings. The van der Waals surface area contributed by atoms with E-state index >= 15 is 0 Å². The van der Waals surface area contributed by atoms with Crippen LogP contribution in [-0.2, 0) is 6.54 Å². The molecular weight excluding hydrogens is 298 g/mol. The first kappa shape index (κ1) is 15.0. The van der Waals surface area contributed by atoms with Crippen LogP contribution in [0.1, 0.15) is 47.9 Å². The average Bonchev–Trinajstić information content (AvgIpc) is 3.23. The standard InChI is InChI=1S/C15H19N5OS/c1-22-13-9-5-4-8-12(13)15(21)16-10-14-17-18-19-20(14)11-6-2-3-7-11/h4-5,8-9,11H,2-3,6-7,10H2,1H3,(H,16,21). The number of benzene rings is 1. The average molecular weight is 317 g/mol. The molecule has 1 aromatic heterocycles. The molecule has 1 aliphatic carbocycles. The van der Waals surface area contributed by atoms with Gasteiger partial charge in [-0.2, -0.15) is 0 Å². The summed E-state index contributed by atoms with van der Waals surface area (Å²) in [5, 5.41) is 14.8. The number of tetrazole rings is 1. The summed E-state index contributed by atoms with van der Waals surface area (Å²) in [6, 6.07) is 7.96. The van der Waals surface area contributed by atoms with Crippen molar-refractivity contribution in [1.82, 2.24) is 25.5 Å². The van der Waals surface area contributed by atoms with Gasteiger partial charge in [-0.25, -0.2) is 4.68 Å². The number of rotatable bonds is 5. The highest BCUT2D eigenvalue weighted by Gasteiger charge is 2.21. The van der Waals surface area contributed by atoms with Crippen molar-refractivity contribution in [2.24, 2.45) is 0 Å². The van der Waals surface area contributed by atoms with Crippen molar-refractivity contribution in [2.45, 2.75) is 43.2 Å². The molecule has 6 nitrogen and oxygen atoms in total. The fraction of sp³-hybridized carbons (Fsp3) is 0.467. The van der Waals surface area contributed by atoms with Gasteiger partial charge in [-0.1, -0.05) is 25.0 Å². The third-order valence-electron chi connectivity index (χ3n) is 3.99. The number of carbonyl (C=O) groups excluding carboxylic acids is 1. The zero-order valence-corrected chi connectivity index (χ0v) is 13.3. The number of hydrogen-bond acceptors (Lipinski definition) is 5. The molecule has 1 heterocycles. The van der Waals surface area contributed by atoms with Crippen LogP contribution < -0.4 is 5.32 Å². The Kier molecular flexibility index (Phi) is 4.72. The maximum Gasteiger partial charge on any atom is 0.252 e. The molecule has 3 rings (SSSR count). The maximum atomic E-state index is 12.3. The van der Waals surface area contributed by atoms with E-state index in [9.17, 15) is 4.79 Å². The number of hydrogen-bond donors (Lipinski definition) is 1. The minimum atomic E-state index is -0.0917. The molecule has 1 saturated carbocycles. The second-order valence-corrected chi connectivity index (χ2v) is 6.21. The van der Waals surface area contributed by atoms with Gasteiger partial charge in [-0.05, 0) is 41.7 Å². The minimum absolute atomic E-state index is 0.0917. The first-order valence-electron chi connectivity index (χ1n) is 7.47. The van der Waals surface area contributed by atoms with Gasteiger partial charge in [0.15, 0.2) is 5.82 Å². The van der Waals surface area contributed by atoms with Crippen molar-refractivity contribution in [3.05, 3.63) is 35.7 Å². The van der Waals surface area contributed by atoms with Crippen LogP contribution in [0.5, 0.6) is 0 Å². The number of aromatic nitrogens is 4.